The van der Waals surface area contributed by atoms with Gasteiger partial charge in [0.15, 0.2) is 0 Å². The fraction of sp³-hybridized carbons (Fsp3) is 0.522. The highest BCUT2D eigenvalue weighted by atomic mass is 15.0. The first-order valence-electron chi connectivity index (χ1n) is 9.68. The Morgan fingerprint density at radius 2 is 1.44 bits per heavy atom. The zero-order valence-electron chi connectivity index (χ0n) is 17.7. The summed E-state index contributed by atoms with van der Waals surface area (Å²) in [6, 6.07) is 8.58. The van der Waals surface area contributed by atoms with Gasteiger partial charge in [0.05, 0.1) is 5.69 Å². The fourth-order valence-electron chi connectivity index (χ4n) is 2.68. The molecule has 0 aliphatic carbocycles. The number of hydrogen-bond acceptors (Lipinski definition) is 1. The maximum Gasteiger partial charge on any atom is 0.145 e. The van der Waals surface area contributed by atoms with Crippen LogP contribution < -0.4 is 0 Å². The number of pyridine rings is 1. The lowest BCUT2D eigenvalue weighted by molar-refractivity contribution is 0.592. The second-order valence-corrected chi connectivity index (χ2v) is 7.31. The summed E-state index contributed by atoms with van der Waals surface area (Å²) in [4.78, 5) is 4.73. The molecule has 0 saturated heterocycles. The predicted molar refractivity (Wildman–Crippen MR) is 113 cm³/mol. The van der Waals surface area contributed by atoms with Gasteiger partial charge in [-0.25, -0.2) is 4.98 Å². The number of aromatic nitrogens is 2. The van der Waals surface area contributed by atoms with Gasteiger partial charge in [0.1, 0.15) is 5.65 Å². The van der Waals surface area contributed by atoms with Crippen LogP contribution in [-0.4, -0.2) is 9.38 Å². The van der Waals surface area contributed by atoms with Gasteiger partial charge in [-0.05, 0) is 30.2 Å². The lowest BCUT2D eigenvalue weighted by Gasteiger charge is -2.22. The van der Waals surface area contributed by atoms with Crippen LogP contribution in [0.15, 0.2) is 30.5 Å². The highest BCUT2D eigenvalue weighted by Gasteiger charge is 2.20. The summed E-state index contributed by atoms with van der Waals surface area (Å²) < 4.78 is 2.23. The minimum Gasteiger partial charge on any atom is -0.303 e. The minimum atomic E-state index is 0.123. The number of imidazole rings is 1. The molecule has 3 rings (SSSR count). The van der Waals surface area contributed by atoms with E-state index >= 15 is 0 Å². The van der Waals surface area contributed by atoms with Crippen LogP contribution in [0.25, 0.3) is 16.4 Å². The molecule has 0 bridgehead atoms. The molecular weight excluding hydrogens is 304 g/mol. The Hall–Kier alpha value is -1.83. The van der Waals surface area contributed by atoms with Gasteiger partial charge in [-0.15, -0.1) is 0 Å². The molecule has 0 radical (unpaired) electrons. The van der Waals surface area contributed by atoms with E-state index in [-0.39, 0.29) is 5.41 Å². The van der Waals surface area contributed by atoms with E-state index in [4.69, 9.17) is 4.98 Å². The highest BCUT2D eigenvalue weighted by molar-refractivity contribution is 5.96. The van der Waals surface area contributed by atoms with Crippen LogP contribution in [0.2, 0.25) is 0 Å². The molecule has 138 valence electrons. The van der Waals surface area contributed by atoms with Crippen LogP contribution >= 0.6 is 0 Å². The SMILES string of the molecule is CC.CCCC.Cc1nc2c3ccccc3c(C(C)(C)C)cn2c1C. The average molecular weight is 341 g/mol. The Kier molecular flexibility index (Phi) is 7.66. The Balaban J connectivity index is 0.000000461. The van der Waals surface area contributed by atoms with Crippen molar-refractivity contribution in [3.8, 4) is 0 Å². The highest BCUT2D eigenvalue weighted by Crippen LogP contribution is 2.32. The van der Waals surface area contributed by atoms with Crippen LogP contribution in [0.3, 0.4) is 0 Å². The average Bonchev–Trinajstić information content (AvgIpc) is 2.90. The molecule has 0 aliphatic rings. The Labute approximate surface area is 154 Å². The number of fused-ring (bicyclic) bond motifs is 3. The van der Waals surface area contributed by atoms with Gasteiger partial charge in [-0.1, -0.05) is 85.6 Å². The van der Waals surface area contributed by atoms with Crippen LogP contribution in [0, 0.1) is 13.8 Å². The van der Waals surface area contributed by atoms with Gasteiger partial charge >= 0.3 is 0 Å². The van der Waals surface area contributed by atoms with Gasteiger partial charge in [-0.3, -0.25) is 0 Å². The predicted octanol–water partition coefficient (Wildman–Crippen LogP) is 7.23. The Morgan fingerprint density at radius 1 is 0.920 bits per heavy atom. The lowest BCUT2D eigenvalue weighted by Crippen LogP contribution is -2.13. The first-order chi connectivity index (χ1) is 11.8. The molecule has 0 unspecified atom stereocenters. The molecule has 0 amide bonds. The van der Waals surface area contributed by atoms with Gasteiger partial charge in [0, 0.05) is 17.3 Å². The third kappa shape index (κ3) is 4.62. The smallest absolute Gasteiger partial charge is 0.145 e. The standard InChI is InChI=1S/C17H20N2.C4H10.C2H6/c1-11-12(2)19-10-15(17(3,4)5)13-8-6-7-9-14(13)16(19)18-11;1-3-4-2;1-2/h6-10H,1-5H3;3-4H2,1-2H3;1-2H3. The van der Waals surface area contributed by atoms with Crippen molar-refractivity contribution in [2.24, 2.45) is 0 Å². The Bertz CT molecular complexity index is 802. The normalized spacial score (nSPS) is 10.9. The quantitative estimate of drug-likeness (QED) is 0.456. The van der Waals surface area contributed by atoms with Gasteiger partial charge in [0.25, 0.3) is 0 Å². The molecule has 3 aromatic rings. The van der Waals surface area contributed by atoms with E-state index in [9.17, 15) is 0 Å². The van der Waals surface area contributed by atoms with E-state index in [0.29, 0.717) is 0 Å². The first-order valence-corrected chi connectivity index (χ1v) is 9.68. The van der Waals surface area contributed by atoms with Crippen LogP contribution in [0.1, 0.15) is 78.3 Å². The summed E-state index contributed by atoms with van der Waals surface area (Å²) in [6.07, 6.45) is 4.90. The van der Waals surface area contributed by atoms with Crippen molar-refractivity contribution in [1.29, 1.82) is 0 Å². The van der Waals surface area contributed by atoms with Gasteiger partial charge in [0.2, 0.25) is 0 Å². The summed E-state index contributed by atoms with van der Waals surface area (Å²) in [6.45, 7) is 19.4. The van der Waals surface area contributed by atoms with Crippen molar-refractivity contribution >= 4 is 16.4 Å². The molecule has 2 heteroatoms. The first kappa shape index (κ1) is 21.2. The van der Waals surface area contributed by atoms with Crippen molar-refractivity contribution < 1.29 is 0 Å². The van der Waals surface area contributed by atoms with E-state index in [1.807, 2.05) is 13.8 Å². The van der Waals surface area contributed by atoms with Crippen LogP contribution in [0.5, 0.6) is 0 Å². The van der Waals surface area contributed by atoms with Crippen molar-refractivity contribution in [2.45, 2.75) is 80.6 Å². The van der Waals surface area contributed by atoms with E-state index in [1.165, 1.54) is 34.9 Å². The summed E-state index contributed by atoms with van der Waals surface area (Å²) in [5.41, 5.74) is 4.90. The van der Waals surface area contributed by atoms with E-state index in [2.05, 4.69) is 83.3 Å². The fourth-order valence-corrected chi connectivity index (χ4v) is 2.68. The maximum absolute atomic E-state index is 4.73. The second kappa shape index (κ2) is 9.03. The number of unbranched alkanes of at least 4 members (excludes halogenated alkanes) is 1. The molecular formula is C23H36N2. The molecule has 0 N–H and O–H groups in total. The molecule has 25 heavy (non-hydrogen) atoms. The van der Waals surface area contributed by atoms with Gasteiger partial charge < -0.3 is 4.40 Å². The van der Waals surface area contributed by atoms with Crippen molar-refractivity contribution in [3.63, 3.8) is 0 Å². The number of benzene rings is 1. The summed E-state index contributed by atoms with van der Waals surface area (Å²) in [5, 5.41) is 2.55. The van der Waals surface area contributed by atoms with Crippen molar-refractivity contribution in [2.75, 3.05) is 0 Å². The number of rotatable bonds is 1. The van der Waals surface area contributed by atoms with E-state index in [0.717, 1.165) is 11.3 Å². The molecule has 0 atom stereocenters. The molecule has 0 aliphatic heterocycles. The third-order valence-electron chi connectivity index (χ3n) is 4.41. The lowest BCUT2D eigenvalue weighted by atomic mass is 9.85. The maximum atomic E-state index is 4.73. The monoisotopic (exact) mass is 340 g/mol. The molecule has 2 nitrogen and oxygen atoms in total. The summed E-state index contributed by atoms with van der Waals surface area (Å²) >= 11 is 0. The van der Waals surface area contributed by atoms with Crippen molar-refractivity contribution in [3.05, 3.63) is 47.4 Å². The summed E-state index contributed by atoms with van der Waals surface area (Å²) in [5.74, 6) is 0. The van der Waals surface area contributed by atoms with Crippen LogP contribution in [0.4, 0.5) is 0 Å². The summed E-state index contributed by atoms with van der Waals surface area (Å²) in [7, 11) is 0. The molecule has 2 heterocycles. The van der Waals surface area contributed by atoms with Crippen molar-refractivity contribution in [1.82, 2.24) is 9.38 Å². The third-order valence-corrected chi connectivity index (χ3v) is 4.41. The van der Waals surface area contributed by atoms with E-state index < -0.39 is 0 Å². The van der Waals surface area contributed by atoms with Crippen LogP contribution in [-0.2, 0) is 5.41 Å². The molecule has 0 spiro atoms. The molecule has 2 aromatic heterocycles. The molecule has 0 saturated carbocycles. The zero-order valence-corrected chi connectivity index (χ0v) is 17.7. The van der Waals surface area contributed by atoms with E-state index in [1.54, 1.807) is 0 Å². The minimum absolute atomic E-state index is 0.123. The number of aryl methyl sites for hydroxylation is 2. The van der Waals surface area contributed by atoms with Gasteiger partial charge in [-0.2, -0.15) is 0 Å². The second-order valence-electron chi connectivity index (χ2n) is 7.31. The largest absolute Gasteiger partial charge is 0.303 e. The molecule has 1 aromatic carbocycles. The Morgan fingerprint density at radius 3 is 1.92 bits per heavy atom. The zero-order chi connectivity index (χ0) is 19.2. The molecule has 0 fully saturated rings. The number of nitrogens with zero attached hydrogens (tertiary/aromatic N) is 2. The number of hydrogen-bond donors (Lipinski definition) is 0. The topological polar surface area (TPSA) is 17.3 Å².